The van der Waals surface area contributed by atoms with E-state index in [1.165, 1.54) is 41.0 Å². The number of amidine groups is 1. The number of nitrogens with one attached hydrogen (secondary N) is 2. The SMILES string of the molecule is COC(=O)C1=C(CN2CCN3[C@@H](CNS3(=O)=O)C2)NC(c2nccs2)=N[C@H]1c1ccc(F)cc1Cl. The molecule has 3 aliphatic heterocycles. The van der Waals surface area contributed by atoms with Crippen LogP contribution >= 0.6 is 22.9 Å². The molecular weight excluding hydrogens is 519 g/mol. The molecule has 1 aromatic heterocycles. The minimum Gasteiger partial charge on any atom is -0.466 e. The summed E-state index contributed by atoms with van der Waals surface area (Å²) >= 11 is 7.76. The molecule has 0 aliphatic carbocycles. The average molecular weight is 541 g/mol. The maximum atomic E-state index is 13.8. The van der Waals surface area contributed by atoms with Gasteiger partial charge in [-0.15, -0.1) is 11.3 Å². The lowest BCUT2D eigenvalue weighted by atomic mass is 9.95. The highest BCUT2D eigenvalue weighted by Crippen LogP contribution is 2.37. The standard InChI is InChI=1S/C21H22ClFN6O4S2/c1-33-21(30)17-16(11-28-5-6-29-13(10-28)9-25-35(29,31)32)26-19(20-24-4-7-34-20)27-18(17)14-3-2-12(23)8-15(14)22/h2-4,7-8,13,18,25H,5-6,9-11H2,1H3,(H,26,27)/t13-,18-/m0/s1. The van der Waals surface area contributed by atoms with Gasteiger partial charge in [0, 0.05) is 60.6 Å². The number of carbonyl (C=O) groups excluding carboxylic acids is 1. The lowest BCUT2D eigenvalue weighted by molar-refractivity contribution is -0.136. The summed E-state index contributed by atoms with van der Waals surface area (Å²) in [5, 5.41) is 5.81. The normalized spacial score (nSPS) is 24.6. The fourth-order valence-electron chi connectivity index (χ4n) is 4.51. The molecule has 2 saturated heterocycles. The Kier molecular flexibility index (Phi) is 6.63. The molecule has 5 rings (SSSR count). The van der Waals surface area contributed by atoms with E-state index in [1.54, 1.807) is 6.20 Å². The van der Waals surface area contributed by atoms with Crippen molar-refractivity contribution in [1.29, 1.82) is 0 Å². The van der Waals surface area contributed by atoms with Gasteiger partial charge in [-0.05, 0) is 12.1 Å². The zero-order chi connectivity index (χ0) is 24.7. The smallest absolute Gasteiger partial charge is 0.338 e. The van der Waals surface area contributed by atoms with Crippen molar-refractivity contribution in [2.24, 2.45) is 4.99 Å². The number of aromatic nitrogens is 1. The third kappa shape index (κ3) is 4.71. The van der Waals surface area contributed by atoms with Crippen molar-refractivity contribution in [3.05, 3.63) is 62.5 Å². The van der Waals surface area contributed by atoms with Crippen LogP contribution < -0.4 is 10.0 Å². The molecule has 1 aromatic carbocycles. The Balaban J connectivity index is 1.53. The van der Waals surface area contributed by atoms with Gasteiger partial charge in [0.05, 0.1) is 18.7 Å². The van der Waals surface area contributed by atoms with Crippen LogP contribution in [0.15, 0.2) is 46.0 Å². The van der Waals surface area contributed by atoms with Crippen LogP contribution in [0, 0.1) is 5.82 Å². The lowest BCUT2D eigenvalue weighted by Gasteiger charge is -2.37. The first-order valence-corrected chi connectivity index (χ1v) is 13.5. The second kappa shape index (κ2) is 9.56. The van der Waals surface area contributed by atoms with Crippen LogP contribution in [0.1, 0.15) is 16.6 Å². The van der Waals surface area contributed by atoms with E-state index >= 15 is 0 Å². The van der Waals surface area contributed by atoms with Gasteiger partial charge >= 0.3 is 5.97 Å². The number of benzene rings is 1. The molecule has 0 bridgehead atoms. The van der Waals surface area contributed by atoms with Gasteiger partial charge < -0.3 is 10.1 Å². The zero-order valence-corrected chi connectivity index (χ0v) is 21.0. The van der Waals surface area contributed by atoms with E-state index in [0.29, 0.717) is 54.8 Å². The molecule has 0 unspecified atom stereocenters. The zero-order valence-electron chi connectivity index (χ0n) is 18.6. The highest BCUT2D eigenvalue weighted by Gasteiger charge is 2.41. The van der Waals surface area contributed by atoms with E-state index < -0.39 is 28.0 Å². The average Bonchev–Trinajstić information content (AvgIpc) is 3.46. The van der Waals surface area contributed by atoms with Crippen LogP contribution in [0.3, 0.4) is 0 Å². The summed E-state index contributed by atoms with van der Waals surface area (Å²) in [5.41, 5.74) is 1.25. The van der Waals surface area contributed by atoms with Gasteiger partial charge in [-0.2, -0.15) is 12.7 Å². The first-order valence-electron chi connectivity index (χ1n) is 10.8. The van der Waals surface area contributed by atoms with Crippen LogP contribution in [-0.2, 0) is 19.7 Å². The molecular formula is C21H22ClFN6O4S2. The number of fused-ring (bicyclic) bond motifs is 1. The molecule has 0 radical (unpaired) electrons. The second-order valence-electron chi connectivity index (χ2n) is 8.25. The van der Waals surface area contributed by atoms with Crippen LogP contribution in [0.2, 0.25) is 5.02 Å². The summed E-state index contributed by atoms with van der Waals surface area (Å²) in [6.07, 6.45) is 1.65. The molecule has 0 spiro atoms. The van der Waals surface area contributed by atoms with Gasteiger partial charge in [0.25, 0.3) is 10.2 Å². The minimum atomic E-state index is -3.44. The van der Waals surface area contributed by atoms with E-state index in [9.17, 15) is 17.6 Å². The summed E-state index contributed by atoms with van der Waals surface area (Å²) in [6, 6.07) is 2.90. The number of halogens is 2. The summed E-state index contributed by atoms with van der Waals surface area (Å²) in [4.78, 5) is 24.1. The van der Waals surface area contributed by atoms with E-state index in [0.717, 1.165) is 0 Å². The Morgan fingerprint density at radius 1 is 1.37 bits per heavy atom. The fourth-order valence-corrected chi connectivity index (χ4v) is 6.79. The lowest BCUT2D eigenvalue weighted by Crippen LogP contribution is -2.53. The molecule has 2 aromatic rings. The number of ether oxygens (including phenoxy) is 1. The number of aliphatic imine (C=N–C) groups is 1. The number of methoxy groups -OCH3 is 1. The van der Waals surface area contributed by atoms with Crippen LogP contribution in [0.4, 0.5) is 4.39 Å². The summed E-state index contributed by atoms with van der Waals surface area (Å²) in [5.74, 6) is -0.640. The van der Waals surface area contributed by atoms with E-state index in [-0.39, 0.29) is 16.6 Å². The summed E-state index contributed by atoms with van der Waals surface area (Å²) in [7, 11) is -2.16. The fraction of sp³-hybridized carbons (Fsp3) is 0.381. The topological polar surface area (TPSA) is 116 Å². The molecule has 4 heterocycles. The predicted octanol–water partition coefficient (Wildman–Crippen LogP) is 1.29. The van der Waals surface area contributed by atoms with Crippen LogP contribution in [-0.4, -0.2) is 80.3 Å². The van der Waals surface area contributed by atoms with Crippen molar-refractivity contribution in [2.45, 2.75) is 12.1 Å². The second-order valence-corrected chi connectivity index (χ2v) is 11.3. The molecule has 3 aliphatic rings. The number of hydrogen-bond acceptors (Lipinski definition) is 9. The van der Waals surface area contributed by atoms with Crippen LogP contribution in [0.25, 0.3) is 0 Å². The number of esters is 1. The number of nitrogens with zero attached hydrogens (tertiary/aromatic N) is 4. The van der Waals surface area contributed by atoms with Gasteiger partial charge in [0.2, 0.25) is 0 Å². The molecule has 0 saturated carbocycles. The van der Waals surface area contributed by atoms with Crippen molar-refractivity contribution >= 4 is 45.0 Å². The first kappa shape index (κ1) is 24.3. The van der Waals surface area contributed by atoms with Gasteiger partial charge in [-0.1, -0.05) is 17.7 Å². The third-order valence-corrected chi connectivity index (χ3v) is 8.86. The largest absolute Gasteiger partial charge is 0.466 e. The van der Waals surface area contributed by atoms with Gasteiger partial charge in [-0.3, -0.25) is 9.89 Å². The van der Waals surface area contributed by atoms with E-state index in [2.05, 4.69) is 19.9 Å². The molecule has 2 N–H and O–H groups in total. The van der Waals surface area contributed by atoms with Gasteiger partial charge in [0.15, 0.2) is 10.8 Å². The van der Waals surface area contributed by atoms with Crippen LogP contribution in [0.5, 0.6) is 0 Å². The highest BCUT2D eigenvalue weighted by atomic mass is 35.5. The van der Waals surface area contributed by atoms with E-state index in [4.69, 9.17) is 21.3 Å². The number of piperazine rings is 1. The van der Waals surface area contributed by atoms with Crippen molar-refractivity contribution < 1.29 is 22.3 Å². The molecule has 186 valence electrons. The molecule has 0 amide bonds. The van der Waals surface area contributed by atoms with Crippen molar-refractivity contribution in [1.82, 2.24) is 24.2 Å². The summed E-state index contributed by atoms with van der Waals surface area (Å²) in [6.45, 7) is 1.94. The van der Waals surface area contributed by atoms with E-state index in [1.807, 2.05) is 5.38 Å². The number of rotatable bonds is 5. The quantitative estimate of drug-likeness (QED) is 0.549. The molecule has 35 heavy (non-hydrogen) atoms. The maximum Gasteiger partial charge on any atom is 0.338 e. The van der Waals surface area contributed by atoms with Gasteiger partial charge in [-0.25, -0.2) is 18.9 Å². The molecule has 14 heteroatoms. The van der Waals surface area contributed by atoms with Crippen molar-refractivity contribution in [3.8, 4) is 0 Å². The van der Waals surface area contributed by atoms with Gasteiger partial charge in [0.1, 0.15) is 11.9 Å². The Morgan fingerprint density at radius 3 is 2.91 bits per heavy atom. The Morgan fingerprint density at radius 2 is 2.20 bits per heavy atom. The number of carbonyl (C=O) groups is 1. The Hall–Kier alpha value is -2.42. The molecule has 10 nitrogen and oxygen atoms in total. The number of thiazole rings is 1. The van der Waals surface area contributed by atoms with Crippen molar-refractivity contribution in [3.63, 3.8) is 0 Å². The summed E-state index contributed by atoms with van der Waals surface area (Å²) < 4.78 is 47.2. The Bertz CT molecular complexity index is 1320. The first-order chi connectivity index (χ1) is 16.8. The maximum absolute atomic E-state index is 13.8. The molecule has 2 fully saturated rings. The minimum absolute atomic E-state index is 0.135. The van der Waals surface area contributed by atoms with Crippen molar-refractivity contribution in [2.75, 3.05) is 39.8 Å². The molecule has 2 atom stereocenters. The third-order valence-electron chi connectivity index (χ3n) is 6.13. The highest BCUT2D eigenvalue weighted by molar-refractivity contribution is 7.87. The predicted molar refractivity (Wildman–Crippen MR) is 129 cm³/mol. The number of hydrogen-bond donors (Lipinski definition) is 2. The monoisotopic (exact) mass is 540 g/mol. The Labute approximate surface area is 210 Å².